The highest BCUT2D eigenvalue weighted by molar-refractivity contribution is 7.89. The minimum absolute atomic E-state index is 0.0866. The van der Waals surface area contributed by atoms with E-state index < -0.39 is 10.0 Å². The summed E-state index contributed by atoms with van der Waals surface area (Å²) in [5, 5.41) is 5.54. The summed E-state index contributed by atoms with van der Waals surface area (Å²) in [4.78, 5) is 24.0. The number of anilines is 1. The third kappa shape index (κ3) is 4.00. The van der Waals surface area contributed by atoms with E-state index in [9.17, 15) is 18.0 Å². The molecule has 2 aromatic carbocycles. The van der Waals surface area contributed by atoms with Gasteiger partial charge in [-0.25, -0.2) is 12.7 Å². The van der Waals surface area contributed by atoms with Gasteiger partial charge in [0.2, 0.25) is 10.0 Å². The zero-order valence-electron chi connectivity index (χ0n) is 15.7. The number of fused-ring (bicyclic) bond motifs is 1. The number of carbonyl (C=O) groups excluding carboxylic acids is 2. The molecule has 0 spiro atoms. The number of nitrogens with zero attached hydrogens (tertiary/aromatic N) is 1. The lowest BCUT2D eigenvalue weighted by atomic mass is 10.1. The molecule has 1 atom stereocenters. The predicted octanol–water partition coefficient (Wildman–Crippen LogP) is 1.76. The number of carbonyl (C=O) groups is 2. The molecule has 0 unspecified atom stereocenters. The van der Waals surface area contributed by atoms with E-state index in [1.54, 1.807) is 30.3 Å². The predicted molar refractivity (Wildman–Crippen MR) is 104 cm³/mol. The highest BCUT2D eigenvalue weighted by Gasteiger charge is 2.20. The summed E-state index contributed by atoms with van der Waals surface area (Å²) >= 11 is 0. The Balaban J connectivity index is 1.72. The Bertz CT molecular complexity index is 1020. The molecule has 0 aliphatic carbocycles. The fourth-order valence-electron chi connectivity index (χ4n) is 2.72. The van der Waals surface area contributed by atoms with Crippen LogP contribution in [0.4, 0.5) is 5.69 Å². The van der Waals surface area contributed by atoms with Gasteiger partial charge in [-0.1, -0.05) is 12.1 Å². The van der Waals surface area contributed by atoms with E-state index in [4.69, 9.17) is 4.74 Å². The number of nitrogens with one attached hydrogen (secondary N) is 2. The van der Waals surface area contributed by atoms with Gasteiger partial charge in [0, 0.05) is 19.7 Å². The van der Waals surface area contributed by atoms with Crippen molar-refractivity contribution in [2.24, 2.45) is 0 Å². The molecule has 0 saturated heterocycles. The quantitative estimate of drug-likeness (QED) is 0.792. The van der Waals surface area contributed by atoms with Gasteiger partial charge in [0.15, 0.2) is 6.61 Å². The second-order valence-electron chi connectivity index (χ2n) is 6.60. The van der Waals surface area contributed by atoms with Gasteiger partial charge < -0.3 is 15.4 Å². The Morgan fingerprint density at radius 3 is 2.50 bits per heavy atom. The SMILES string of the molecule is C[C@@H](NC(=O)c1ccc2c(c1)OCC(=O)N2)c1ccc(S(=O)(=O)N(C)C)cc1. The number of ether oxygens (including phenoxy) is 1. The van der Waals surface area contributed by atoms with Crippen LogP contribution in [-0.2, 0) is 14.8 Å². The number of benzene rings is 2. The number of amides is 2. The summed E-state index contributed by atoms with van der Waals surface area (Å²) in [5.74, 6) is -0.100. The topological polar surface area (TPSA) is 105 Å². The number of hydrogen-bond acceptors (Lipinski definition) is 5. The lowest BCUT2D eigenvalue weighted by molar-refractivity contribution is -0.118. The Labute approximate surface area is 163 Å². The van der Waals surface area contributed by atoms with Gasteiger partial charge in [0.05, 0.1) is 16.6 Å². The second-order valence-corrected chi connectivity index (χ2v) is 8.75. The van der Waals surface area contributed by atoms with E-state index in [2.05, 4.69) is 10.6 Å². The van der Waals surface area contributed by atoms with Crippen molar-refractivity contribution in [3.05, 3.63) is 53.6 Å². The molecule has 28 heavy (non-hydrogen) atoms. The molecule has 0 fully saturated rings. The van der Waals surface area contributed by atoms with Gasteiger partial charge in [-0.3, -0.25) is 9.59 Å². The average molecular weight is 403 g/mol. The molecule has 0 aromatic heterocycles. The maximum absolute atomic E-state index is 12.5. The smallest absolute Gasteiger partial charge is 0.262 e. The van der Waals surface area contributed by atoms with Crippen LogP contribution in [0.15, 0.2) is 47.4 Å². The molecule has 3 rings (SSSR count). The fraction of sp³-hybridized carbons (Fsp3) is 0.263. The monoisotopic (exact) mass is 403 g/mol. The Morgan fingerprint density at radius 2 is 1.86 bits per heavy atom. The van der Waals surface area contributed by atoms with Crippen molar-refractivity contribution in [2.75, 3.05) is 26.0 Å². The van der Waals surface area contributed by atoms with Crippen LogP contribution in [0.5, 0.6) is 5.75 Å². The Morgan fingerprint density at radius 1 is 1.18 bits per heavy atom. The summed E-state index contributed by atoms with van der Waals surface area (Å²) in [7, 11) is -0.552. The summed E-state index contributed by atoms with van der Waals surface area (Å²) in [6.45, 7) is 1.72. The van der Waals surface area contributed by atoms with Crippen molar-refractivity contribution in [1.29, 1.82) is 0 Å². The van der Waals surface area contributed by atoms with Crippen LogP contribution in [0.2, 0.25) is 0 Å². The zero-order valence-corrected chi connectivity index (χ0v) is 16.5. The van der Waals surface area contributed by atoms with Gasteiger partial charge >= 0.3 is 0 Å². The minimum Gasteiger partial charge on any atom is -0.482 e. The van der Waals surface area contributed by atoms with Crippen LogP contribution in [0.3, 0.4) is 0 Å². The van der Waals surface area contributed by atoms with Gasteiger partial charge in [-0.2, -0.15) is 0 Å². The highest BCUT2D eigenvalue weighted by Crippen LogP contribution is 2.28. The van der Waals surface area contributed by atoms with E-state index in [0.29, 0.717) is 17.0 Å². The van der Waals surface area contributed by atoms with Gasteiger partial charge in [0.25, 0.3) is 11.8 Å². The van der Waals surface area contributed by atoms with E-state index in [0.717, 1.165) is 9.87 Å². The summed E-state index contributed by atoms with van der Waals surface area (Å²) < 4.78 is 30.7. The van der Waals surface area contributed by atoms with Crippen LogP contribution >= 0.6 is 0 Å². The molecule has 148 valence electrons. The molecule has 8 nitrogen and oxygen atoms in total. The lowest BCUT2D eigenvalue weighted by Crippen LogP contribution is -2.28. The first-order valence-corrected chi connectivity index (χ1v) is 10.0. The van der Waals surface area contributed by atoms with Crippen molar-refractivity contribution in [1.82, 2.24) is 9.62 Å². The average Bonchev–Trinajstić information content (AvgIpc) is 2.67. The first kappa shape index (κ1) is 19.8. The van der Waals surface area contributed by atoms with Crippen molar-refractivity contribution in [3.8, 4) is 5.75 Å². The molecule has 2 N–H and O–H groups in total. The van der Waals surface area contributed by atoms with Gasteiger partial charge in [-0.15, -0.1) is 0 Å². The van der Waals surface area contributed by atoms with Crippen molar-refractivity contribution in [2.45, 2.75) is 17.9 Å². The summed E-state index contributed by atoms with van der Waals surface area (Å²) in [6.07, 6.45) is 0. The largest absolute Gasteiger partial charge is 0.482 e. The Hall–Kier alpha value is -2.91. The second kappa shape index (κ2) is 7.61. The molecule has 0 saturated carbocycles. The van der Waals surface area contributed by atoms with E-state index >= 15 is 0 Å². The highest BCUT2D eigenvalue weighted by atomic mass is 32.2. The number of hydrogen-bond donors (Lipinski definition) is 2. The molecule has 1 aliphatic rings. The maximum Gasteiger partial charge on any atom is 0.262 e. The standard InChI is InChI=1S/C19H21N3O5S/c1-12(13-4-7-15(8-5-13)28(25,26)22(2)3)20-19(24)14-6-9-16-17(10-14)27-11-18(23)21-16/h4-10,12H,11H2,1-3H3,(H,20,24)(H,21,23)/t12-/m1/s1. The minimum atomic E-state index is -3.50. The molecule has 1 heterocycles. The molecule has 2 aromatic rings. The molecule has 1 aliphatic heterocycles. The zero-order chi connectivity index (χ0) is 20.5. The molecule has 0 bridgehead atoms. The van der Waals surface area contributed by atoms with Crippen LogP contribution < -0.4 is 15.4 Å². The van der Waals surface area contributed by atoms with Crippen LogP contribution in [0.25, 0.3) is 0 Å². The molecular formula is C19H21N3O5S. The Kier molecular flexibility index (Phi) is 5.39. The molecular weight excluding hydrogens is 382 g/mol. The lowest BCUT2D eigenvalue weighted by Gasteiger charge is -2.19. The van der Waals surface area contributed by atoms with Crippen molar-refractivity contribution in [3.63, 3.8) is 0 Å². The van der Waals surface area contributed by atoms with Crippen LogP contribution in [0.1, 0.15) is 28.9 Å². The summed E-state index contributed by atoms with van der Waals surface area (Å²) in [5.41, 5.74) is 1.69. The fourth-order valence-corrected chi connectivity index (χ4v) is 3.62. The number of rotatable bonds is 5. The molecule has 0 radical (unpaired) electrons. The maximum atomic E-state index is 12.5. The summed E-state index contributed by atoms with van der Waals surface area (Å²) in [6, 6.07) is 10.8. The van der Waals surface area contributed by atoms with Gasteiger partial charge in [0.1, 0.15) is 5.75 Å². The molecule has 2 amide bonds. The van der Waals surface area contributed by atoms with E-state index in [-0.39, 0.29) is 29.4 Å². The first-order valence-electron chi connectivity index (χ1n) is 8.58. The first-order chi connectivity index (χ1) is 13.2. The van der Waals surface area contributed by atoms with Crippen molar-refractivity contribution < 1.29 is 22.7 Å². The van der Waals surface area contributed by atoms with Crippen molar-refractivity contribution >= 4 is 27.5 Å². The van der Waals surface area contributed by atoms with Crippen LogP contribution in [-0.4, -0.2) is 45.2 Å². The van der Waals surface area contributed by atoms with E-state index in [1.165, 1.54) is 26.2 Å². The van der Waals surface area contributed by atoms with Crippen LogP contribution in [0, 0.1) is 0 Å². The normalized spacial score (nSPS) is 14.6. The third-order valence-electron chi connectivity index (χ3n) is 4.38. The van der Waals surface area contributed by atoms with Gasteiger partial charge in [-0.05, 0) is 42.8 Å². The third-order valence-corrected chi connectivity index (χ3v) is 6.21. The molecule has 9 heteroatoms. The van der Waals surface area contributed by atoms with E-state index in [1.807, 2.05) is 6.92 Å². The number of sulfonamides is 1.